The van der Waals surface area contributed by atoms with Crippen LogP contribution < -0.4 is 0 Å². The van der Waals surface area contributed by atoms with Gasteiger partial charge in [-0.3, -0.25) is 0 Å². The molecule has 0 amide bonds. The van der Waals surface area contributed by atoms with Crippen molar-refractivity contribution in [3.63, 3.8) is 0 Å². The van der Waals surface area contributed by atoms with Gasteiger partial charge < -0.3 is 4.74 Å². The van der Waals surface area contributed by atoms with E-state index in [4.69, 9.17) is 16.3 Å². The van der Waals surface area contributed by atoms with Gasteiger partial charge in [0.25, 0.3) is 0 Å². The summed E-state index contributed by atoms with van der Waals surface area (Å²) in [6.07, 6.45) is 0.921. The number of fused-ring (bicyclic) bond motifs is 1. The van der Waals surface area contributed by atoms with Crippen molar-refractivity contribution in [2.24, 2.45) is 0 Å². The fraction of sp³-hybridized carbons (Fsp3) is 0.333. The van der Waals surface area contributed by atoms with Gasteiger partial charge in [-0.2, -0.15) is 0 Å². The Hall–Kier alpha value is -1.01. The average molecular weight is 339 g/mol. The van der Waals surface area contributed by atoms with E-state index in [0.717, 1.165) is 16.6 Å². The third kappa shape index (κ3) is 3.26. The van der Waals surface area contributed by atoms with Crippen molar-refractivity contribution in [3.05, 3.63) is 43.8 Å². The first-order chi connectivity index (χ1) is 10.1. The van der Waals surface area contributed by atoms with Crippen molar-refractivity contribution in [2.75, 3.05) is 6.61 Å². The van der Waals surface area contributed by atoms with Crippen LogP contribution in [-0.4, -0.2) is 16.6 Å². The Morgan fingerprint density at radius 3 is 2.90 bits per heavy atom. The molecule has 0 aliphatic heterocycles. The fourth-order valence-corrected chi connectivity index (χ4v) is 4.22. The summed E-state index contributed by atoms with van der Waals surface area (Å²) in [5, 5.41) is 3.58. The molecule has 3 nitrogen and oxygen atoms in total. The Morgan fingerprint density at radius 2 is 2.14 bits per heavy atom. The van der Waals surface area contributed by atoms with Crippen LogP contribution in [0.2, 0.25) is 5.15 Å². The molecule has 0 aliphatic carbocycles. The molecular formula is C15H15ClN2OS2. The molecule has 0 aliphatic rings. The number of halogens is 1. The summed E-state index contributed by atoms with van der Waals surface area (Å²) in [5.41, 5.74) is 1.17. The highest BCUT2D eigenvalue weighted by Crippen LogP contribution is 2.32. The van der Waals surface area contributed by atoms with Gasteiger partial charge in [-0.05, 0) is 30.9 Å². The van der Waals surface area contributed by atoms with E-state index in [9.17, 15) is 0 Å². The number of aromatic nitrogens is 2. The minimum absolute atomic E-state index is 0.400. The van der Waals surface area contributed by atoms with E-state index >= 15 is 0 Å². The van der Waals surface area contributed by atoms with Gasteiger partial charge in [0.2, 0.25) is 0 Å². The smallest absolute Gasteiger partial charge is 0.157 e. The normalized spacial score (nSPS) is 11.4. The number of hydrogen-bond acceptors (Lipinski definition) is 5. The Bertz CT molecular complexity index is 753. The minimum Gasteiger partial charge on any atom is -0.373 e. The summed E-state index contributed by atoms with van der Waals surface area (Å²) in [6, 6.07) is 4.17. The van der Waals surface area contributed by atoms with Crippen LogP contribution in [0.5, 0.6) is 0 Å². The molecule has 3 heterocycles. The topological polar surface area (TPSA) is 35.0 Å². The maximum Gasteiger partial charge on any atom is 0.157 e. The SMILES string of the molecule is Cc1sc2nc(COCCc3cccs3)nc(Cl)c2c1C. The minimum atomic E-state index is 0.400. The molecule has 0 atom stereocenters. The number of aryl methyl sites for hydroxylation is 2. The van der Waals surface area contributed by atoms with Crippen molar-refractivity contribution in [3.8, 4) is 0 Å². The van der Waals surface area contributed by atoms with Gasteiger partial charge in [-0.1, -0.05) is 17.7 Å². The third-order valence-electron chi connectivity index (χ3n) is 3.33. The van der Waals surface area contributed by atoms with Crippen LogP contribution >= 0.6 is 34.3 Å². The first-order valence-corrected chi connectivity index (χ1v) is 8.75. The third-order valence-corrected chi connectivity index (χ3v) is 5.65. The summed E-state index contributed by atoms with van der Waals surface area (Å²) in [4.78, 5) is 12.4. The van der Waals surface area contributed by atoms with Gasteiger partial charge >= 0.3 is 0 Å². The van der Waals surface area contributed by atoms with Crippen LogP contribution in [0.3, 0.4) is 0 Å². The zero-order valence-corrected chi connectivity index (χ0v) is 14.2. The molecule has 0 saturated carbocycles. The first kappa shape index (κ1) is 14.9. The van der Waals surface area contributed by atoms with Crippen LogP contribution in [0.1, 0.15) is 21.1 Å². The number of hydrogen-bond donors (Lipinski definition) is 0. The maximum absolute atomic E-state index is 6.28. The molecular weight excluding hydrogens is 324 g/mol. The van der Waals surface area contributed by atoms with Gasteiger partial charge in [-0.15, -0.1) is 22.7 Å². The Balaban J connectivity index is 1.67. The van der Waals surface area contributed by atoms with E-state index in [2.05, 4.69) is 41.3 Å². The lowest BCUT2D eigenvalue weighted by atomic mass is 10.2. The molecule has 3 rings (SSSR count). The van der Waals surface area contributed by atoms with Gasteiger partial charge in [0.05, 0.1) is 12.0 Å². The van der Waals surface area contributed by atoms with Crippen molar-refractivity contribution in [1.82, 2.24) is 9.97 Å². The number of ether oxygens (including phenoxy) is 1. The van der Waals surface area contributed by atoms with Gasteiger partial charge in [0, 0.05) is 16.2 Å². The highest BCUT2D eigenvalue weighted by atomic mass is 35.5. The molecule has 0 aromatic carbocycles. The lowest BCUT2D eigenvalue weighted by molar-refractivity contribution is 0.119. The zero-order valence-electron chi connectivity index (χ0n) is 11.9. The highest BCUT2D eigenvalue weighted by molar-refractivity contribution is 7.18. The zero-order chi connectivity index (χ0) is 14.8. The second-order valence-electron chi connectivity index (χ2n) is 4.78. The number of thiophene rings is 2. The van der Waals surface area contributed by atoms with Gasteiger partial charge in [0.15, 0.2) is 5.82 Å². The average Bonchev–Trinajstić information content (AvgIpc) is 3.04. The van der Waals surface area contributed by atoms with E-state index in [1.807, 2.05) is 0 Å². The van der Waals surface area contributed by atoms with Crippen molar-refractivity contribution in [2.45, 2.75) is 26.9 Å². The summed E-state index contributed by atoms with van der Waals surface area (Å²) in [6.45, 7) is 5.20. The highest BCUT2D eigenvalue weighted by Gasteiger charge is 2.13. The van der Waals surface area contributed by atoms with Crippen LogP contribution in [0, 0.1) is 13.8 Å². The molecule has 0 unspecified atom stereocenters. The monoisotopic (exact) mass is 338 g/mol. The predicted molar refractivity (Wildman–Crippen MR) is 89.6 cm³/mol. The van der Waals surface area contributed by atoms with Crippen LogP contribution in [-0.2, 0) is 17.8 Å². The largest absolute Gasteiger partial charge is 0.373 e. The molecule has 0 bridgehead atoms. The number of nitrogens with zero attached hydrogens (tertiary/aromatic N) is 2. The molecule has 3 aromatic rings. The van der Waals surface area contributed by atoms with Crippen molar-refractivity contribution >= 4 is 44.5 Å². The first-order valence-electron chi connectivity index (χ1n) is 6.67. The van der Waals surface area contributed by atoms with Gasteiger partial charge in [0.1, 0.15) is 16.6 Å². The molecule has 3 aromatic heterocycles. The second kappa shape index (κ2) is 6.40. The van der Waals surface area contributed by atoms with Crippen molar-refractivity contribution in [1.29, 1.82) is 0 Å². The second-order valence-corrected chi connectivity index (χ2v) is 7.37. The quantitative estimate of drug-likeness (QED) is 0.496. The lowest BCUT2D eigenvalue weighted by Crippen LogP contribution is -2.02. The maximum atomic E-state index is 6.28. The lowest BCUT2D eigenvalue weighted by Gasteiger charge is -2.04. The summed E-state index contributed by atoms with van der Waals surface area (Å²) in [7, 11) is 0. The van der Waals surface area contributed by atoms with E-state index in [-0.39, 0.29) is 0 Å². The van der Waals surface area contributed by atoms with Crippen molar-refractivity contribution < 1.29 is 4.74 Å². The molecule has 6 heteroatoms. The van der Waals surface area contributed by atoms with Crippen LogP contribution in [0.15, 0.2) is 17.5 Å². The van der Waals surface area contributed by atoms with Gasteiger partial charge in [-0.25, -0.2) is 9.97 Å². The molecule has 110 valence electrons. The standard InChI is InChI=1S/C15H15ClN2OS2/c1-9-10(2)21-15-13(9)14(16)17-12(18-15)8-19-6-5-11-4-3-7-20-11/h3-4,7H,5-6,8H2,1-2H3. The fourth-order valence-electron chi connectivity index (χ4n) is 2.10. The Morgan fingerprint density at radius 1 is 1.29 bits per heavy atom. The van der Waals surface area contributed by atoms with E-state index < -0.39 is 0 Å². The summed E-state index contributed by atoms with van der Waals surface area (Å²) in [5.74, 6) is 0.653. The predicted octanol–water partition coefficient (Wildman–Crippen LogP) is 4.78. The van der Waals surface area contributed by atoms with Crippen LogP contribution in [0.25, 0.3) is 10.2 Å². The van der Waals surface area contributed by atoms with E-state index in [1.165, 1.54) is 15.3 Å². The summed E-state index contributed by atoms with van der Waals surface area (Å²) >= 11 is 9.68. The Kier molecular flexibility index (Phi) is 4.54. The molecule has 0 spiro atoms. The van der Waals surface area contributed by atoms with E-state index in [0.29, 0.717) is 24.2 Å². The number of rotatable bonds is 5. The molecule has 0 N–H and O–H groups in total. The molecule has 0 fully saturated rings. The van der Waals surface area contributed by atoms with Crippen LogP contribution in [0.4, 0.5) is 0 Å². The molecule has 0 radical (unpaired) electrons. The summed E-state index contributed by atoms with van der Waals surface area (Å²) < 4.78 is 5.66. The molecule has 21 heavy (non-hydrogen) atoms. The van der Waals surface area contributed by atoms with E-state index in [1.54, 1.807) is 22.7 Å². The Labute approximate surface area is 136 Å². The molecule has 0 saturated heterocycles.